The highest BCUT2D eigenvalue weighted by atomic mass is 79.9. The SMILES string of the molecule is CCCCC(C)Nc1cnn(CCCC)c(=O)c1Br. The summed E-state index contributed by atoms with van der Waals surface area (Å²) in [6.07, 6.45) is 7.24. The third-order valence-electron chi connectivity index (χ3n) is 3.10. The van der Waals surface area contributed by atoms with E-state index in [9.17, 15) is 4.79 Å². The molecule has 1 rings (SSSR count). The molecule has 0 fully saturated rings. The zero-order valence-electron chi connectivity index (χ0n) is 12.1. The molecule has 1 aromatic rings. The minimum Gasteiger partial charge on any atom is -0.380 e. The summed E-state index contributed by atoms with van der Waals surface area (Å²) in [5.74, 6) is 0. The van der Waals surface area contributed by atoms with Gasteiger partial charge >= 0.3 is 0 Å². The normalized spacial score (nSPS) is 12.4. The van der Waals surface area contributed by atoms with Gasteiger partial charge in [-0.05, 0) is 35.7 Å². The van der Waals surface area contributed by atoms with E-state index in [2.05, 4.69) is 47.1 Å². The van der Waals surface area contributed by atoms with Gasteiger partial charge in [0.25, 0.3) is 5.56 Å². The van der Waals surface area contributed by atoms with E-state index in [1.54, 1.807) is 6.20 Å². The Balaban J connectivity index is 2.75. The molecule has 19 heavy (non-hydrogen) atoms. The van der Waals surface area contributed by atoms with Gasteiger partial charge in [0.05, 0.1) is 11.9 Å². The number of nitrogens with one attached hydrogen (secondary N) is 1. The first-order valence-corrected chi connectivity index (χ1v) is 7.91. The van der Waals surface area contributed by atoms with Gasteiger partial charge in [0.1, 0.15) is 4.47 Å². The molecule has 1 aromatic heterocycles. The third kappa shape index (κ3) is 4.97. The first-order valence-electron chi connectivity index (χ1n) is 7.12. The standard InChI is InChI=1S/C14H24BrN3O/c1-4-6-8-11(3)17-12-10-16-18(9-7-5-2)14(19)13(12)15/h10-11,17H,4-9H2,1-3H3. The van der Waals surface area contributed by atoms with Crippen molar-refractivity contribution in [3.8, 4) is 0 Å². The number of hydrogen-bond acceptors (Lipinski definition) is 3. The van der Waals surface area contributed by atoms with Crippen molar-refractivity contribution in [2.45, 2.75) is 65.5 Å². The summed E-state index contributed by atoms with van der Waals surface area (Å²) in [6.45, 7) is 7.09. The van der Waals surface area contributed by atoms with Crippen molar-refractivity contribution >= 4 is 21.6 Å². The van der Waals surface area contributed by atoms with Crippen LogP contribution in [0.2, 0.25) is 0 Å². The van der Waals surface area contributed by atoms with Gasteiger partial charge in [-0.25, -0.2) is 4.68 Å². The number of nitrogens with zero attached hydrogens (tertiary/aromatic N) is 2. The second-order valence-electron chi connectivity index (χ2n) is 4.94. The minimum atomic E-state index is -0.0545. The van der Waals surface area contributed by atoms with E-state index in [1.807, 2.05) is 0 Å². The maximum absolute atomic E-state index is 12.1. The molecule has 0 saturated heterocycles. The molecule has 0 aliphatic heterocycles. The zero-order chi connectivity index (χ0) is 14.3. The Labute approximate surface area is 123 Å². The van der Waals surface area contributed by atoms with Crippen molar-refractivity contribution in [3.63, 3.8) is 0 Å². The molecule has 0 aliphatic rings. The van der Waals surface area contributed by atoms with E-state index in [4.69, 9.17) is 0 Å². The van der Waals surface area contributed by atoms with Crippen molar-refractivity contribution in [3.05, 3.63) is 21.0 Å². The number of hydrogen-bond donors (Lipinski definition) is 1. The van der Waals surface area contributed by atoms with Crippen LogP contribution in [0.4, 0.5) is 5.69 Å². The molecule has 0 amide bonds. The van der Waals surface area contributed by atoms with E-state index in [1.165, 1.54) is 17.5 Å². The molecule has 1 unspecified atom stereocenters. The Morgan fingerprint density at radius 2 is 2.05 bits per heavy atom. The fourth-order valence-electron chi connectivity index (χ4n) is 1.88. The summed E-state index contributed by atoms with van der Waals surface area (Å²) in [6, 6.07) is 0.351. The molecule has 0 aromatic carbocycles. The Kier molecular flexibility index (Phi) is 7.13. The highest BCUT2D eigenvalue weighted by Crippen LogP contribution is 2.18. The number of aryl methyl sites for hydroxylation is 1. The quantitative estimate of drug-likeness (QED) is 0.789. The van der Waals surface area contributed by atoms with Crippen LogP contribution in [0.5, 0.6) is 0 Å². The molecule has 1 N–H and O–H groups in total. The van der Waals surface area contributed by atoms with Crippen LogP contribution in [0.15, 0.2) is 15.5 Å². The topological polar surface area (TPSA) is 46.9 Å². The Hall–Kier alpha value is -0.840. The van der Waals surface area contributed by atoms with E-state index in [0.29, 0.717) is 17.1 Å². The Bertz CT molecular complexity index is 445. The lowest BCUT2D eigenvalue weighted by Crippen LogP contribution is -2.26. The Morgan fingerprint density at radius 3 is 2.68 bits per heavy atom. The maximum Gasteiger partial charge on any atom is 0.283 e. The predicted octanol–water partition coefficient (Wildman–Crippen LogP) is 3.80. The van der Waals surface area contributed by atoms with Crippen LogP contribution in [-0.2, 0) is 6.54 Å². The van der Waals surface area contributed by atoms with Crippen molar-refractivity contribution < 1.29 is 0 Å². The van der Waals surface area contributed by atoms with E-state index in [-0.39, 0.29) is 5.56 Å². The highest BCUT2D eigenvalue weighted by molar-refractivity contribution is 9.10. The molecule has 1 heterocycles. The summed E-state index contributed by atoms with van der Waals surface area (Å²) >= 11 is 3.38. The van der Waals surface area contributed by atoms with Gasteiger partial charge in [0, 0.05) is 12.6 Å². The molecule has 0 spiro atoms. The highest BCUT2D eigenvalue weighted by Gasteiger charge is 2.10. The minimum absolute atomic E-state index is 0.0545. The molecule has 0 radical (unpaired) electrons. The van der Waals surface area contributed by atoms with Gasteiger partial charge in [0.15, 0.2) is 0 Å². The lowest BCUT2D eigenvalue weighted by Gasteiger charge is -2.16. The van der Waals surface area contributed by atoms with Crippen LogP contribution >= 0.6 is 15.9 Å². The van der Waals surface area contributed by atoms with Crippen molar-refractivity contribution in [1.29, 1.82) is 0 Å². The molecular formula is C14H24BrN3O. The monoisotopic (exact) mass is 329 g/mol. The lowest BCUT2D eigenvalue weighted by molar-refractivity contribution is 0.540. The van der Waals surface area contributed by atoms with Crippen LogP contribution in [0.3, 0.4) is 0 Å². The van der Waals surface area contributed by atoms with Gasteiger partial charge < -0.3 is 5.32 Å². The van der Waals surface area contributed by atoms with Crippen molar-refractivity contribution in [2.24, 2.45) is 0 Å². The number of halogens is 1. The van der Waals surface area contributed by atoms with Crippen LogP contribution < -0.4 is 10.9 Å². The smallest absolute Gasteiger partial charge is 0.283 e. The Morgan fingerprint density at radius 1 is 1.37 bits per heavy atom. The molecule has 4 nitrogen and oxygen atoms in total. The number of anilines is 1. The first kappa shape index (κ1) is 16.2. The largest absolute Gasteiger partial charge is 0.380 e. The number of rotatable bonds is 8. The van der Waals surface area contributed by atoms with Crippen LogP contribution in [0.25, 0.3) is 0 Å². The van der Waals surface area contributed by atoms with Gasteiger partial charge in [-0.3, -0.25) is 4.79 Å². The average molecular weight is 330 g/mol. The van der Waals surface area contributed by atoms with Crippen LogP contribution in [-0.4, -0.2) is 15.8 Å². The van der Waals surface area contributed by atoms with Crippen molar-refractivity contribution in [1.82, 2.24) is 9.78 Å². The lowest BCUT2D eigenvalue weighted by atomic mass is 10.1. The average Bonchev–Trinajstić information content (AvgIpc) is 2.41. The zero-order valence-corrected chi connectivity index (χ0v) is 13.7. The second-order valence-corrected chi connectivity index (χ2v) is 5.73. The fraction of sp³-hybridized carbons (Fsp3) is 0.714. The molecule has 0 saturated carbocycles. The van der Waals surface area contributed by atoms with Gasteiger partial charge in [-0.2, -0.15) is 5.10 Å². The number of unbranched alkanes of at least 4 members (excludes halogenated alkanes) is 2. The van der Waals surface area contributed by atoms with Crippen LogP contribution in [0.1, 0.15) is 52.9 Å². The van der Waals surface area contributed by atoms with E-state index in [0.717, 1.165) is 24.9 Å². The summed E-state index contributed by atoms with van der Waals surface area (Å²) in [5, 5.41) is 7.57. The third-order valence-corrected chi connectivity index (χ3v) is 3.87. The maximum atomic E-state index is 12.1. The fourth-order valence-corrected chi connectivity index (χ4v) is 2.30. The predicted molar refractivity (Wildman–Crippen MR) is 83.7 cm³/mol. The van der Waals surface area contributed by atoms with E-state index >= 15 is 0 Å². The molecule has 108 valence electrons. The summed E-state index contributed by atoms with van der Waals surface area (Å²) < 4.78 is 2.11. The molecule has 1 atom stereocenters. The molecule has 0 aliphatic carbocycles. The second kappa shape index (κ2) is 8.35. The molecule has 5 heteroatoms. The van der Waals surface area contributed by atoms with Crippen molar-refractivity contribution in [2.75, 3.05) is 5.32 Å². The molecular weight excluding hydrogens is 306 g/mol. The number of aromatic nitrogens is 2. The van der Waals surface area contributed by atoms with Crippen LogP contribution in [0, 0.1) is 0 Å². The van der Waals surface area contributed by atoms with E-state index < -0.39 is 0 Å². The van der Waals surface area contributed by atoms with Gasteiger partial charge in [-0.15, -0.1) is 0 Å². The summed E-state index contributed by atoms with van der Waals surface area (Å²) in [7, 11) is 0. The molecule has 0 bridgehead atoms. The summed E-state index contributed by atoms with van der Waals surface area (Å²) in [5.41, 5.74) is 0.738. The van der Waals surface area contributed by atoms with Gasteiger partial charge in [0.2, 0.25) is 0 Å². The first-order chi connectivity index (χ1) is 9.10. The van der Waals surface area contributed by atoms with Gasteiger partial charge in [-0.1, -0.05) is 33.1 Å². The summed E-state index contributed by atoms with van der Waals surface area (Å²) in [4.78, 5) is 12.1.